The van der Waals surface area contributed by atoms with Crippen LogP contribution in [-0.2, 0) is 11.3 Å². The minimum absolute atomic E-state index is 0.190. The van der Waals surface area contributed by atoms with E-state index in [1.165, 1.54) is 4.68 Å². The molecule has 1 aromatic rings. The molecule has 0 radical (unpaired) electrons. The highest BCUT2D eigenvalue weighted by molar-refractivity contribution is 8.00. The van der Waals surface area contributed by atoms with Crippen LogP contribution >= 0.6 is 11.8 Å². The number of hydrogen-bond donors (Lipinski definition) is 2. The molecule has 0 aromatic carbocycles. The molecule has 6 heteroatoms. The van der Waals surface area contributed by atoms with Gasteiger partial charge in [-0.2, -0.15) is 5.10 Å². The highest BCUT2D eigenvalue weighted by Gasteiger charge is 2.11. The summed E-state index contributed by atoms with van der Waals surface area (Å²) in [7, 11) is 0. The highest BCUT2D eigenvalue weighted by Crippen LogP contribution is 2.27. The van der Waals surface area contributed by atoms with Crippen molar-refractivity contribution < 1.29 is 9.90 Å². The lowest BCUT2D eigenvalue weighted by Crippen LogP contribution is -2.12. The molecule has 1 aromatic heterocycles. The quantitative estimate of drug-likeness (QED) is 0.734. The smallest absolute Gasteiger partial charge is 0.325 e. The lowest BCUT2D eigenvalue weighted by molar-refractivity contribution is -0.137. The molecule has 0 saturated carbocycles. The van der Waals surface area contributed by atoms with Crippen molar-refractivity contribution >= 4 is 23.5 Å². The fourth-order valence-electron chi connectivity index (χ4n) is 0.977. The van der Waals surface area contributed by atoms with E-state index < -0.39 is 5.97 Å². The van der Waals surface area contributed by atoms with Crippen LogP contribution in [0, 0.1) is 0 Å². The van der Waals surface area contributed by atoms with Crippen LogP contribution in [0.15, 0.2) is 11.1 Å². The second-order valence-corrected chi connectivity index (χ2v) is 4.73. The van der Waals surface area contributed by atoms with Crippen LogP contribution in [0.5, 0.6) is 0 Å². The number of aliphatic carboxylic acids is 1. The molecule has 3 N–H and O–H groups in total. The third-order valence-corrected chi connectivity index (χ3v) is 2.53. The van der Waals surface area contributed by atoms with E-state index in [4.69, 9.17) is 10.8 Å². The predicted octanol–water partition coefficient (Wildman–Crippen LogP) is 1.05. The summed E-state index contributed by atoms with van der Waals surface area (Å²) in [6.07, 6.45) is 1.60. The first-order valence-corrected chi connectivity index (χ1v) is 5.08. The van der Waals surface area contributed by atoms with E-state index in [2.05, 4.69) is 5.10 Å². The van der Waals surface area contributed by atoms with Gasteiger partial charge in [0.25, 0.3) is 0 Å². The Balaban J connectivity index is 2.79. The first-order valence-electron chi connectivity index (χ1n) is 4.20. The van der Waals surface area contributed by atoms with Crippen LogP contribution in [0.1, 0.15) is 13.8 Å². The molecule has 0 amide bonds. The second-order valence-electron chi connectivity index (χ2n) is 3.11. The van der Waals surface area contributed by atoms with Gasteiger partial charge >= 0.3 is 5.97 Å². The standard InChI is InChI=1S/C8H13N3O2S/c1-5(2)14-6-3-10-11(8(6)9)4-7(12)13/h3,5H,4,9H2,1-2H3,(H,12,13). The van der Waals surface area contributed by atoms with Gasteiger partial charge in [-0.25, -0.2) is 4.68 Å². The predicted molar refractivity (Wildman–Crippen MR) is 55.3 cm³/mol. The zero-order valence-electron chi connectivity index (χ0n) is 8.10. The van der Waals surface area contributed by atoms with Gasteiger partial charge in [0.05, 0.1) is 11.1 Å². The Morgan fingerprint density at radius 1 is 1.79 bits per heavy atom. The Morgan fingerprint density at radius 2 is 2.43 bits per heavy atom. The van der Waals surface area contributed by atoms with E-state index in [9.17, 15) is 4.79 Å². The van der Waals surface area contributed by atoms with Crippen LogP contribution in [0.2, 0.25) is 0 Å². The summed E-state index contributed by atoms with van der Waals surface area (Å²) in [6, 6.07) is 0. The van der Waals surface area contributed by atoms with Gasteiger partial charge in [0.1, 0.15) is 12.4 Å². The van der Waals surface area contributed by atoms with Crippen molar-refractivity contribution in [2.45, 2.75) is 30.5 Å². The summed E-state index contributed by atoms with van der Waals surface area (Å²) < 4.78 is 1.28. The molecule has 78 valence electrons. The highest BCUT2D eigenvalue weighted by atomic mass is 32.2. The molecule has 0 bridgehead atoms. The monoisotopic (exact) mass is 215 g/mol. The van der Waals surface area contributed by atoms with Crippen molar-refractivity contribution in [2.24, 2.45) is 0 Å². The van der Waals surface area contributed by atoms with Crippen LogP contribution < -0.4 is 5.73 Å². The topological polar surface area (TPSA) is 81.1 Å². The number of aromatic nitrogens is 2. The third kappa shape index (κ3) is 2.66. The molecule has 5 nitrogen and oxygen atoms in total. The number of nitrogens with two attached hydrogens (primary N) is 1. The number of anilines is 1. The number of nitrogens with zero attached hydrogens (tertiary/aromatic N) is 2. The maximum Gasteiger partial charge on any atom is 0.325 e. The Bertz CT molecular complexity index is 335. The molecule has 0 aliphatic carbocycles. The fraction of sp³-hybridized carbons (Fsp3) is 0.500. The van der Waals surface area contributed by atoms with Gasteiger partial charge in [-0.1, -0.05) is 13.8 Å². The van der Waals surface area contributed by atoms with Crippen LogP contribution in [0.3, 0.4) is 0 Å². The molecule has 0 unspecified atom stereocenters. The van der Waals surface area contributed by atoms with Gasteiger partial charge in [-0.05, 0) is 0 Å². The SMILES string of the molecule is CC(C)Sc1cnn(CC(=O)O)c1N. The van der Waals surface area contributed by atoms with E-state index in [1.54, 1.807) is 18.0 Å². The van der Waals surface area contributed by atoms with Gasteiger partial charge < -0.3 is 10.8 Å². The first-order chi connectivity index (χ1) is 6.50. The number of carboxylic acids is 1. The molecule has 0 aliphatic heterocycles. The molecule has 0 saturated heterocycles. The van der Waals surface area contributed by atoms with Crippen molar-refractivity contribution in [1.29, 1.82) is 0 Å². The zero-order chi connectivity index (χ0) is 10.7. The Labute approximate surface area is 86.3 Å². The molecular formula is C8H13N3O2S. The molecule has 1 rings (SSSR count). The van der Waals surface area contributed by atoms with Gasteiger partial charge in [0.2, 0.25) is 0 Å². The second kappa shape index (κ2) is 4.36. The fourth-order valence-corrected chi connectivity index (χ4v) is 1.82. The average Bonchev–Trinajstić information content (AvgIpc) is 2.34. The van der Waals surface area contributed by atoms with Gasteiger partial charge in [-0.15, -0.1) is 11.8 Å². The average molecular weight is 215 g/mol. The number of thioether (sulfide) groups is 1. The number of nitrogen functional groups attached to an aromatic ring is 1. The molecule has 0 aliphatic rings. The van der Waals surface area contributed by atoms with Crippen LogP contribution in [0.4, 0.5) is 5.82 Å². The zero-order valence-corrected chi connectivity index (χ0v) is 8.91. The summed E-state index contributed by atoms with van der Waals surface area (Å²) in [4.78, 5) is 11.3. The summed E-state index contributed by atoms with van der Waals surface area (Å²) in [6.45, 7) is 3.89. The lowest BCUT2D eigenvalue weighted by Gasteiger charge is -2.04. The Kier molecular flexibility index (Phi) is 3.40. The minimum Gasteiger partial charge on any atom is -0.480 e. The Morgan fingerprint density at radius 3 is 2.93 bits per heavy atom. The molecule has 1 heterocycles. The Hall–Kier alpha value is -1.17. The van der Waals surface area contributed by atoms with Gasteiger partial charge in [-0.3, -0.25) is 4.79 Å². The van der Waals surface area contributed by atoms with E-state index in [-0.39, 0.29) is 6.54 Å². The molecular weight excluding hydrogens is 202 g/mol. The number of carbonyl (C=O) groups is 1. The van der Waals surface area contributed by atoms with E-state index in [0.717, 1.165) is 4.90 Å². The lowest BCUT2D eigenvalue weighted by atomic mass is 10.6. The summed E-state index contributed by atoms with van der Waals surface area (Å²) in [5.74, 6) is -0.521. The summed E-state index contributed by atoms with van der Waals surface area (Å²) >= 11 is 1.57. The number of hydrogen-bond acceptors (Lipinski definition) is 4. The number of carboxylic acid groups (broad SMARTS) is 1. The third-order valence-electron chi connectivity index (χ3n) is 1.49. The largest absolute Gasteiger partial charge is 0.480 e. The van der Waals surface area contributed by atoms with Crippen molar-refractivity contribution in [1.82, 2.24) is 9.78 Å². The number of rotatable bonds is 4. The van der Waals surface area contributed by atoms with Crippen molar-refractivity contribution in [3.8, 4) is 0 Å². The van der Waals surface area contributed by atoms with E-state index in [0.29, 0.717) is 11.1 Å². The van der Waals surface area contributed by atoms with Crippen molar-refractivity contribution in [3.05, 3.63) is 6.20 Å². The van der Waals surface area contributed by atoms with E-state index in [1.807, 2.05) is 13.8 Å². The van der Waals surface area contributed by atoms with Crippen molar-refractivity contribution in [3.63, 3.8) is 0 Å². The van der Waals surface area contributed by atoms with Crippen LogP contribution in [-0.4, -0.2) is 26.1 Å². The van der Waals surface area contributed by atoms with Gasteiger partial charge in [0, 0.05) is 5.25 Å². The first kappa shape index (κ1) is 10.9. The van der Waals surface area contributed by atoms with Crippen molar-refractivity contribution in [2.75, 3.05) is 5.73 Å². The molecule has 14 heavy (non-hydrogen) atoms. The van der Waals surface area contributed by atoms with E-state index >= 15 is 0 Å². The molecule has 0 spiro atoms. The molecule has 0 atom stereocenters. The molecule has 0 fully saturated rings. The summed E-state index contributed by atoms with van der Waals surface area (Å²) in [5.41, 5.74) is 5.72. The minimum atomic E-state index is -0.944. The summed E-state index contributed by atoms with van der Waals surface area (Å²) in [5, 5.41) is 12.9. The van der Waals surface area contributed by atoms with Gasteiger partial charge in [0.15, 0.2) is 0 Å². The van der Waals surface area contributed by atoms with Crippen LogP contribution in [0.25, 0.3) is 0 Å². The maximum absolute atomic E-state index is 10.4. The normalized spacial score (nSPS) is 10.8. The maximum atomic E-state index is 10.4.